The summed E-state index contributed by atoms with van der Waals surface area (Å²) in [7, 11) is 1.56. The fourth-order valence-corrected chi connectivity index (χ4v) is 3.26. The number of carbonyl (C=O) groups is 2. The third kappa shape index (κ3) is 3.60. The molecule has 3 aromatic rings. The number of ether oxygens (including phenoxy) is 1. The van der Waals surface area contributed by atoms with Gasteiger partial charge in [-0.05, 0) is 35.4 Å². The Morgan fingerprint density at radius 3 is 2.31 bits per heavy atom. The van der Waals surface area contributed by atoms with Gasteiger partial charge in [0.2, 0.25) is 0 Å². The lowest BCUT2D eigenvalue weighted by Gasteiger charge is -2.15. The van der Waals surface area contributed by atoms with E-state index in [0.29, 0.717) is 22.6 Å². The molecular formula is C23H19N3O3. The van der Waals surface area contributed by atoms with E-state index in [2.05, 4.69) is 10.3 Å². The highest BCUT2D eigenvalue weighted by Crippen LogP contribution is 2.33. The Balaban J connectivity index is 1.75. The zero-order valence-electron chi connectivity index (χ0n) is 15.8. The van der Waals surface area contributed by atoms with Gasteiger partial charge in [0.1, 0.15) is 11.4 Å². The van der Waals surface area contributed by atoms with Crippen molar-refractivity contribution in [3.05, 3.63) is 95.9 Å². The summed E-state index contributed by atoms with van der Waals surface area (Å²) >= 11 is 0. The first kappa shape index (κ1) is 18.4. The van der Waals surface area contributed by atoms with Crippen molar-refractivity contribution >= 4 is 23.1 Å². The topological polar surface area (TPSA) is 71.5 Å². The summed E-state index contributed by atoms with van der Waals surface area (Å²) < 4.78 is 5.38. The molecule has 2 amide bonds. The van der Waals surface area contributed by atoms with Crippen LogP contribution in [0.2, 0.25) is 0 Å². The normalized spacial score (nSPS) is 13.8. The number of anilines is 1. The highest BCUT2D eigenvalue weighted by Gasteiger charge is 2.39. The van der Waals surface area contributed by atoms with Gasteiger partial charge in [0.15, 0.2) is 0 Å². The van der Waals surface area contributed by atoms with Crippen molar-refractivity contribution < 1.29 is 14.3 Å². The van der Waals surface area contributed by atoms with Crippen molar-refractivity contribution in [1.82, 2.24) is 9.88 Å². The lowest BCUT2D eigenvalue weighted by atomic mass is 10.0. The fraction of sp³-hybridized carbons (Fsp3) is 0.0870. The summed E-state index contributed by atoms with van der Waals surface area (Å²) in [4.78, 5) is 31.7. The average Bonchev–Trinajstić information content (AvgIpc) is 3.00. The number of hydrogen-bond acceptors (Lipinski definition) is 5. The van der Waals surface area contributed by atoms with Crippen molar-refractivity contribution in [2.45, 2.75) is 6.54 Å². The summed E-state index contributed by atoms with van der Waals surface area (Å²) in [6, 6.07) is 20.0. The van der Waals surface area contributed by atoms with Crippen molar-refractivity contribution in [2.24, 2.45) is 0 Å². The molecule has 2 heterocycles. The molecule has 4 rings (SSSR count). The predicted molar refractivity (Wildman–Crippen MR) is 110 cm³/mol. The Morgan fingerprint density at radius 1 is 0.897 bits per heavy atom. The molecule has 1 aliphatic rings. The van der Waals surface area contributed by atoms with E-state index < -0.39 is 0 Å². The van der Waals surface area contributed by atoms with Gasteiger partial charge >= 0.3 is 0 Å². The number of benzene rings is 2. The number of amides is 2. The molecule has 144 valence electrons. The van der Waals surface area contributed by atoms with Gasteiger partial charge in [-0.25, -0.2) is 0 Å². The lowest BCUT2D eigenvalue weighted by Crippen LogP contribution is -2.32. The molecule has 6 nitrogen and oxygen atoms in total. The summed E-state index contributed by atoms with van der Waals surface area (Å²) in [5.41, 5.74) is 2.70. The molecule has 0 bridgehead atoms. The molecule has 0 radical (unpaired) electrons. The predicted octanol–water partition coefficient (Wildman–Crippen LogP) is 3.48. The van der Waals surface area contributed by atoms with Crippen LogP contribution < -0.4 is 10.1 Å². The van der Waals surface area contributed by atoms with Crippen molar-refractivity contribution in [2.75, 3.05) is 12.4 Å². The van der Waals surface area contributed by atoms with Crippen LogP contribution in [0, 0.1) is 0 Å². The van der Waals surface area contributed by atoms with E-state index in [1.807, 2.05) is 42.5 Å². The van der Waals surface area contributed by atoms with Gasteiger partial charge in [-0.1, -0.05) is 42.5 Å². The Bertz CT molecular complexity index is 1080. The number of pyridine rings is 1. The molecule has 1 aliphatic heterocycles. The Morgan fingerprint density at radius 2 is 1.59 bits per heavy atom. The maximum atomic E-state index is 13.2. The molecule has 0 fully saturated rings. The van der Waals surface area contributed by atoms with Crippen LogP contribution >= 0.6 is 0 Å². The first-order valence-electron chi connectivity index (χ1n) is 9.14. The van der Waals surface area contributed by atoms with E-state index >= 15 is 0 Å². The Hall–Kier alpha value is -3.93. The first-order chi connectivity index (χ1) is 14.2. The lowest BCUT2D eigenvalue weighted by molar-refractivity contribution is -0.137. The van der Waals surface area contributed by atoms with Crippen LogP contribution in [-0.2, 0) is 16.1 Å². The van der Waals surface area contributed by atoms with Gasteiger partial charge in [0.25, 0.3) is 11.8 Å². The molecular weight excluding hydrogens is 366 g/mol. The number of hydrogen-bond donors (Lipinski definition) is 1. The average molecular weight is 385 g/mol. The molecule has 6 heteroatoms. The zero-order valence-corrected chi connectivity index (χ0v) is 15.8. The number of rotatable bonds is 6. The molecule has 0 saturated carbocycles. The van der Waals surface area contributed by atoms with Crippen LogP contribution in [0.15, 0.2) is 84.8 Å². The van der Waals surface area contributed by atoms with Gasteiger partial charge in [-0.15, -0.1) is 0 Å². The maximum absolute atomic E-state index is 13.2. The number of para-hydroxylation sites is 2. The second-order valence-corrected chi connectivity index (χ2v) is 6.49. The van der Waals surface area contributed by atoms with E-state index in [1.54, 1.807) is 43.8 Å². The van der Waals surface area contributed by atoms with Gasteiger partial charge in [0.05, 0.1) is 24.9 Å². The Kier molecular flexibility index (Phi) is 5.07. The van der Waals surface area contributed by atoms with Crippen LogP contribution in [0.4, 0.5) is 5.69 Å². The number of nitrogens with zero attached hydrogens (tertiary/aromatic N) is 2. The molecule has 1 N–H and O–H groups in total. The summed E-state index contributed by atoms with van der Waals surface area (Å²) in [5, 5.41) is 3.14. The molecule has 0 saturated heterocycles. The first-order valence-corrected chi connectivity index (χ1v) is 9.14. The quantitative estimate of drug-likeness (QED) is 0.658. The zero-order chi connectivity index (χ0) is 20.2. The summed E-state index contributed by atoms with van der Waals surface area (Å²) in [6.07, 6.45) is 3.28. The third-order valence-corrected chi connectivity index (χ3v) is 4.69. The number of nitrogens with one attached hydrogen (secondary N) is 1. The van der Waals surface area contributed by atoms with E-state index in [4.69, 9.17) is 4.74 Å². The third-order valence-electron chi connectivity index (χ3n) is 4.69. The minimum Gasteiger partial charge on any atom is -0.495 e. The van der Waals surface area contributed by atoms with Crippen LogP contribution in [0.3, 0.4) is 0 Å². The van der Waals surface area contributed by atoms with Crippen LogP contribution in [-0.4, -0.2) is 28.8 Å². The molecule has 2 aromatic carbocycles. The minimum absolute atomic E-state index is 0.174. The van der Waals surface area contributed by atoms with Crippen molar-refractivity contribution in [3.8, 4) is 5.75 Å². The number of aromatic nitrogens is 1. The van der Waals surface area contributed by atoms with Gasteiger partial charge in [0, 0.05) is 12.4 Å². The summed E-state index contributed by atoms with van der Waals surface area (Å²) in [6.45, 7) is 0.174. The molecule has 29 heavy (non-hydrogen) atoms. The second kappa shape index (κ2) is 7.98. The number of methoxy groups -OCH3 is 1. The molecule has 1 aromatic heterocycles. The smallest absolute Gasteiger partial charge is 0.278 e. The van der Waals surface area contributed by atoms with Crippen LogP contribution in [0.1, 0.15) is 11.1 Å². The highest BCUT2D eigenvalue weighted by atomic mass is 16.5. The SMILES string of the molecule is COc1ccccc1NC1=C(c2ccccc2)C(=O)N(Cc2ccncc2)C1=O. The van der Waals surface area contributed by atoms with Gasteiger partial charge in [-0.2, -0.15) is 0 Å². The number of imide groups is 1. The molecule has 0 spiro atoms. The monoisotopic (exact) mass is 385 g/mol. The van der Waals surface area contributed by atoms with E-state index in [1.165, 1.54) is 4.90 Å². The van der Waals surface area contributed by atoms with Crippen LogP contribution in [0.25, 0.3) is 5.57 Å². The second-order valence-electron chi connectivity index (χ2n) is 6.49. The van der Waals surface area contributed by atoms with E-state index in [9.17, 15) is 9.59 Å². The number of carbonyl (C=O) groups excluding carboxylic acids is 2. The van der Waals surface area contributed by atoms with Gasteiger partial charge in [-0.3, -0.25) is 19.5 Å². The van der Waals surface area contributed by atoms with E-state index in [0.717, 1.165) is 5.56 Å². The maximum Gasteiger partial charge on any atom is 0.278 e. The van der Waals surface area contributed by atoms with Crippen LogP contribution in [0.5, 0.6) is 5.75 Å². The van der Waals surface area contributed by atoms with E-state index in [-0.39, 0.29) is 24.1 Å². The largest absolute Gasteiger partial charge is 0.495 e. The van der Waals surface area contributed by atoms with Crippen molar-refractivity contribution in [1.29, 1.82) is 0 Å². The fourth-order valence-electron chi connectivity index (χ4n) is 3.26. The Labute approximate surface area is 168 Å². The minimum atomic E-state index is -0.378. The molecule has 0 unspecified atom stereocenters. The molecule has 0 atom stereocenters. The highest BCUT2D eigenvalue weighted by molar-refractivity contribution is 6.36. The standard InChI is InChI=1S/C23H19N3O3/c1-29-19-10-6-5-9-18(19)25-21-20(17-7-3-2-4-8-17)22(27)26(23(21)28)15-16-11-13-24-14-12-16/h2-14,25H,15H2,1H3. The van der Waals surface area contributed by atoms with Crippen molar-refractivity contribution in [3.63, 3.8) is 0 Å². The molecule has 0 aliphatic carbocycles. The van der Waals surface area contributed by atoms with Gasteiger partial charge < -0.3 is 10.1 Å². The summed E-state index contributed by atoms with van der Waals surface area (Å²) in [5.74, 6) is -0.132.